The molecule has 0 fully saturated rings. The van der Waals surface area contributed by atoms with Crippen LogP contribution in [-0.2, 0) is 0 Å². The van der Waals surface area contributed by atoms with Crippen molar-refractivity contribution in [1.82, 2.24) is 5.32 Å². The molecule has 1 rings (SSSR count). The van der Waals surface area contributed by atoms with Crippen LogP contribution in [-0.4, -0.2) is 33.4 Å². The van der Waals surface area contributed by atoms with Gasteiger partial charge in [0.1, 0.15) is 18.1 Å². The third kappa shape index (κ3) is 6.14. The molecule has 0 aliphatic heterocycles. The highest BCUT2D eigenvalue weighted by Crippen LogP contribution is 2.16. The highest BCUT2D eigenvalue weighted by Gasteiger charge is 1.94. The van der Waals surface area contributed by atoms with E-state index in [0.717, 1.165) is 44.0 Å². The van der Waals surface area contributed by atoms with E-state index in [1.165, 1.54) is 0 Å². The number of benzene rings is 1. The molecule has 0 aliphatic carbocycles. The minimum Gasteiger partial charge on any atom is -0.497 e. The van der Waals surface area contributed by atoms with Crippen molar-refractivity contribution in [2.45, 2.75) is 12.8 Å². The third-order valence-corrected chi connectivity index (χ3v) is 2.41. The molecule has 96 valence electrons. The second-order valence-corrected chi connectivity index (χ2v) is 3.77. The molecule has 3 N–H and O–H groups in total. The Hall–Kier alpha value is -1.26. The van der Waals surface area contributed by atoms with Gasteiger partial charge in [-0.1, -0.05) is 0 Å². The van der Waals surface area contributed by atoms with Crippen LogP contribution in [0.3, 0.4) is 0 Å². The Kier molecular flexibility index (Phi) is 7.18. The van der Waals surface area contributed by atoms with Crippen molar-refractivity contribution >= 4 is 0 Å². The van der Waals surface area contributed by atoms with Crippen LogP contribution in [0, 0.1) is 0 Å². The van der Waals surface area contributed by atoms with E-state index in [9.17, 15) is 0 Å². The van der Waals surface area contributed by atoms with Crippen LogP contribution < -0.4 is 20.5 Å². The second kappa shape index (κ2) is 8.84. The maximum absolute atomic E-state index is 5.57. The lowest BCUT2D eigenvalue weighted by atomic mass is 10.3. The number of methoxy groups -OCH3 is 1. The van der Waals surface area contributed by atoms with Gasteiger partial charge in [-0.2, -0.15) is 0 Å². The first-order valence-corrected chi connectivity index (χ1v) is 6.04. The highest BCUT2D eigenvalue weighted by molar-refractivity contribution is 5.31. The van der Waals surface area contributed by atoms with E-state index in [1.807, 2.05) is 24.3 Å². The molecule has 0 spiro atoms. The zero-order chi connectivity index (χ0) is 12.3. The van der Waals surface area contributed by atoms with Crippen LogP contribution in [0.5, 0.6) is 11.5 Å². The van der Waals surface area contributed by atoms with Gasteiger partial charge in [0.05, 0.1) is 7.11 Å². The number of unbranched alkanes of at least 4 members (excludes halogenated alkanes) is 1. The van der Waals surface area contributed by atoms with Gasteiger partial charge < -0.3 is 20.5 Å². The van der Waals surface area contributed by atoms with Crippen molar-refractivity contribution in [1.29, 1.82) is 0 Å². The Morgan fingerprint density at radius 2 is 1.76 bits per heavy atom. The molecule has 17 heavy (non-hydrogen) atoms. The van der Waals surface area contributed by atoms with Crippen molar-refractivity contribution in [2.75, 3.05) is 33.4 Å². The van der Waals surface area contributed by atoms with Gasteiger partial charge in [0, 0.05) is 6.54 Å². The molecule has 0 heterocycles. The lowest BCUT2D eigenvalue weighted by Crippen LogP contribution is -2.22. The Morgan fingerprint density at radius 1 is 1.06 bits per heavy atom. The van der Waals surface area contributed by atoms with E-state index < -0.39 is 0 Å². The van der Waals surface area contributed by atoms with Gasteiger partial charge in [0.25, 0.3) is 0 Å². The summed E-state index contributed by atoms with van der Waals surface area (Å²) in [4.78, 5) is 0. The number of ether oxygens (including phenoxy) is 2. The van der Waals surface area contributed by atoms with E-state index in [0.29, 0.717) is 6.61 Å². The molecule has 4 nitrogen and oxygen atoms in total. The van der Waals surface area contributed by atoms with Gasteiger partial charge in [-0.25, -0.2) is 0 Å². The zero-order valence-electron chi connectivity index (χ0n) is 10.4. The Morgan fingerprint density at radius 3 is 2.41 bits per heavy atom. The molecule has 0 amide bonds. The summed E-state index contributed by atoms with van der Waals surface area (Å²) in [6, 6.07) is 7.61. The summed E-state index contributed by atoms with van der Waals surface area (Å²) in [5, 5.41) is 3.31. The fourth-order valence-corrected chi connectivity index (χ4v) is 1.43. The third-order valence-electron chi connectivity index (χ3n) is 2.41. The number of hydrogen-bond donors (Lipinski definition) is 2. The topological polar surface area (TPSA) is 56.5 Å². The summed E-state index contributed by atoms with van der Waals surface area (Å²) in [5.74, 6) is 1.71. The predicted molar refractivity (Wildman–Crippen MR) is 69.6 cm³/mol. The van der Waals surface area contributed by atoms with Gasteiger partial charge >= 0.3 is 0 Å². The maximum Gasteiger partial charge on any atom is 0.119 e. The van der Waals surface area contributed by atoms with Crippen LogP contribution >= 0.6 is 0 Å². The standard InChI is InChI=1S/C13H22N2O2/c1-16-12-4-6-13(7-5-12)17-11-10-15-9-3-2-8-14/h4-7,15H,2-3,8-11,14H2,1H3. The number of hydrogen-bond acceptors (Lipinski definition) is 4. The minimum atomic E-state index is 0.676. The second-order valence-electron chi connectivity index (χ2n) is 3.77. The summed E-state index contributed by atoms with van der Waals surface area (Å²) in [7, 11) is 1.65. The average Bonchev–Trinajstić information content (AvgIpc) is 2.38. The molecule has 0 aliphatic rings. The molecule has 0 radical (unpaired) electrons. The lowest BCUT2D eigenvalue weighted by molar-refractivity contribution is 0.313. The van der Waals surface area contributed by atoms with Gasteiger partial charge in [0.2, 0.25) is 0 Å². The first-order chi connectivity index (χ1) is 8.36. The van der Waals surface area contributed by atoms with Crippen molar-refractivity contribution < 1.29 is 9.47 Å². The van der Waals surface area contributed by atoms with Gasteiger partial charge in [-0.15, -0.1) is 0 Å². The smallest absolute Gasteiger partial charge is 0.119 e. The van der Waals surface area contributed by atoms with E-state index in [2.05, 4.69) is 5.32 Å². The Labute approximate surface area is 103 Å². The molecule has 1 aromatic carbocycles. The van der Waals surface area contributed by atoms with Crippen LogP contribution in [0.2, 0.25) is 0 Å². The van der Waals surface area contributed by atoms with Crippen molar-refractivity contribution in [3.8, 4) is 11.5 Å². The normalized spacial score (nSPS) is 10.2. The number of nitrogens with two attached hydrogens (primary N) is 1. The fraction of sp³-hybridized carbons (Fsp3) is 0.538. The summed E-state index contributed by atoms with van der Waals surface area (Å²) in [5.41, 5.74) is 5.41. The molecule has 1 aromatic rings. The first kappa shape index (κ1) is 13.8. The molecule has 0 aromatic heterocycles. The average molecular weight is 238 g/mol. The Bertz CT molecular complexity index is 288. The Balaban J connectivity index is 2.05. The van der Waals surface area contributed by atoms with Gasteiger partial charge in [-0.05, 0) is 50.2 Å². The van der Waals surface area contributed by atoms with Gasteiger partial charge in [0.15, 0.2) is 0 Å². The summed E-state index contributed by atoms with van der Waals surface area (Å²) < 4.78 is 10.6. The molecule has 0 saturated carbocycles. The SMILES string of the molecule is COc1ccc(OCCNCCCCN)cc1. The molecule has 0 unspecified atom stereocenters. The molecule has 4 heteroatoms. The molecule has 0 atom stereocenters. The van der Waals surface area contributed by atoms with Gasteiger partial charge in [-0.3, -0.25) is 0 Å². The maximum atomic E-state index is 5.57. The summed E-state index contributed by atoms with van der Waals surface area (Å²) >= 11 is 0. The van der Waals surface area contributed by atoms with E-state index in [-0.39, 0.29) is 0 Å². The molecule has 0 bridgehead atoms. The van der Waals surface area contributed by atoms with Crippen molar-refractivity contribution in [3.63, 3.8) is 0 Å². The van der Waals surface area contributed by atoms with Crippen LogP contribution in [0.1, 0.15) is 12.8 Å². The van der Waals surface area contributed by atoms with E-state index in [1.54, 1.807) is 7.11 Å². The monoisotopic (exact) mass is 238 g/mol. The summed E-state index contributed by atoms with van der Waals surface area (Å²) in [6.07, 6.45) is 2.20. The molecular weight excluding hydrogens is 216 g/mol. The van der Waals surface area contributed by atoms with Crippen molar-refractivity contribution in [3.05, 3.63) is 24.3 Å². The highest BCUT2D eigenvalue weighted by atomic mass is 16.5. The van der Waals surface area contributed by atoms with E-state index in [4.69, 9.17) is 15.2 Å². The lowest BCUT2D eigenvalue weighted by Gasteiger charge is -2.08. The predicted octanol–water partition coefficient (Wildman–Crippen LogP) is 1.40. The van der Waals surface area contributed by atoms with Crippen LogP contribution in [0.4, 0.5) is 0 Å². The minimum absolute atomic E-state index is 0.676. The number of nitrogens with one attached hydrogen (secondary N) is 1. The zero-order valence-corrected chi connectivity index (χ0v) is 10.4. The van der Waals surface area contributed by atoms with Crippen molar-refractivity contribution in [2.24, 2.45) is 5.73 Å². The van der Waals surface area contributed by atoms with Crippen LogP contribution in [0.25, 0.3) is 0 Å². The molecular formula is C13H22N2O2. The van der Waals surface area contributed by atoms with Crippen LogP contribution in [0.15, 0.2) is 24.3 Å². The quantitative estimate of drug-likeness (QED) is 0.639. The molecule has 0 saturated heterocycles. The first-order valence-electron chi connectivity index (χ1n) is 6.04. The number of rotatable bonds is 9. The largest absolute Gasteiger partial charge is 0.497 e. The van der Waals surface area contributed by atoms with E-state index >= 15 is 0 Å². The fourth-order valence-electron chi connectivity index (χ4n) is 1.43. The summed E-state index contributed by atoms with van der Waals surface area (Å²) in [6.45, 7) is 3.30.